The zero-order chi connectivity index (χ0) is 13.8. The largest absolute Gasteiger partial charge is 0.487 e. The summed E-state index contributed by atoms with van der Waals surface area (Å²) in [5.41, 5.74) is 2.33. The molecule has 2 aromatic rings. The highest BCUT2D eigenvalue weighted by atomic mass is 79.9. The van der Waals surface area contributed by atoms with Crippen LogP contribution >= 0.6 is 27.5 Å². The van der Waals surface area contributed by atoms with Gasteiger partial charge in [-0.1, -0.05) is 64.8 Å². The fraction of sp³-hybridized carbons (Fsp3) is 0.200. The zero-order valence-electron chi connectivity index (χ0n) is 11.0. The average molecular weight is 337 g/mol. The first kappa shape index (κ1) is 14.5. The molecule has 2 rings (SSSR count). The Bertz CT molecular complexity index is 572. The summed E-state index contributed by atoms with van der Waals surface area (Å²) in [6, 6.07) is 14.0. The van der Waals surface area contributed by atoms with Crippen LogP contribution < -0.4 is 10.2 Å². The Morgan fingerprint density at radius 3 is 2.58 bits per heavy atom. The second kappa shape index (κ2) is 6.49. The van der Waals surface area contributed by atoms with E-state index in [1.807, 2.05) is 36.4 Å². The summed E-state index contributed by atoms with van der Waals surface area (Å²) in [5, 5.41) is 0.668. The Kier molecular flexibility index (Phi) is 4.95. The van der Waals surface area contributed by atoms with Gasteiger partial charge < -0.3 is 4.74 Å². The molecule has 0 saturated heterocycles. The number of benzene rings is 2. The minimum atomic E-state index is 0.469. The summed E-state index contributed by atoms with van der Waals surface area (Å²) in [6.07, 6.45) is 0. The van der Waals surface area contributed by atoms with Crippen LogP contribution in [0.1, 0.15) is 5.56 Å². The van der Waals surface area contributed by atoms with Crippen LogP contribution in [0.3, 0.4) is 0 Å². The second-order valence-electron chi connectivity index (χ2n) is 4.76. The number of hydrogen-bond acceptors (Lipinski definition) is 1. The molecule has 0 radical (unpaired) electrons. The summed E-state index contributed by atoms with van der Waals surface area (Å²) in [4.78, 5) is 0. The van der Waals surface area contributed by atoms with E-state index in [1.165, 1.54) is 5.46 Å². The molecule has 0 aliphatic rings. The molecule has 4 heteroatoms. The van der Waals surface area contributed by atoms with E-state index in [9.17, 15) is 0 Å². The molecule has 1 nitrogen and oxygen atoms in total. The molecule has 0 atom stereocenters. The molecule has 0 spiro atoms. The predicted molar refractivity (Wildman–Crippen MR) is 87.0 cm³/mol. The van der Waals surface area contributed by atoms with Crippen molar-refractivity contribution in [1.29, 1.82) is 0 Å². The maximum Gasteiger partial charge on any atom is 0.169 e. The monoisotopic (exact) mass is 336 g/mol. The molecule has 0 bridgehead atoms. The van der Waals surface area contributed by atoms with Crippen molar-refractivity contribution in [2.45, 2.75) is 20.3 Å². The van der Waals surface area contributed by atoms with Crippen molar-refractivity contribution in [3.8, 4) is 5.75 Å². The lowest BCUT2D eigenvalue weighted by Crippen LogP contribution is -2.22. The third-order valence-corrected chi connectivity index (χ3v) is 3.69. The molecular formula is C15H15BBrClO. The lowest BCUT2D eigenvalue weighted by atomic mass is 9.49. The molecule has 0 unspecified atom stereocenters. The Labute approximate surface area is 128 Å². The summed E-state index contributed by atoms with van der Waals surface area (Å²) < 4.78 is 6.81. The van der Waals surface area contributed by atoms with Gasteiger partial charge in [0.15, 0.2) is 6.71 Å². The van der Waals surface area contributed by atoms with Gasteiger partial charge in [-0.15, -0.1) is 0 Å². The molecule has 98 valence electrons. The van der Waals surface area contributed by atoms with E-state index in [0.29, 0.717) is 18.3 Å². The number of hydrogen-bond donors (Lipinski definition) is 0. The Balaban J connectivity index is 2.07. The van der Waals surface area contributed by atoms with Crippen LogP contribution in [0.25, 0.3) is 0 Å². The lowest BCUT2D eigenvalue weighted by Gasteiger charge is -2.10. The molecule has 0 N–H and O–H groups in total. The minimum absolute atomic E-state index is 0.469. The van der Waals surface area contributed by atoms with E-state index in [0.717, 1.165) is 15.8 Å². The fourth-order valence-corrected chi connectivity index (χ4v) is 2.47. The van der Waals surface area contributed by atoms with Crippen molar-refractivity contribution < 1.29 is 4.74 Å². The van der Waals surface area contributed by atoms with E-state index in [1.54, 1.807) is 0 Å². The normalized spacial score (nSPS) is 10.3. The smallest absolute Gasteiger partial charge is 0.169 e. The van der Waals surface area contributed by atoms with Crippen molar-refractivity contribution >= 4 is 39.7 Å². The zero-order valence-corrected chi connectivity index (χ0v) is 13.3. The van der Waals surface area contributed by atoms with Crippen LogP contribution in [-0.4, -0.2) is 6.71 Å². The SMILES string of the molecule is CB(C)c1ccc(OCc2cccc(Br)c2)c(Cl)c1. The van der Waals surface area contributed by atoms with E-state index in [4.69, 9.17) is 16.3 Å². The minimum Gasteiger partial charge on any atom is -0.487 e. The molecule has 0 aliphatic heterocycles. The van der Waals surface area contributed by atoms with Gasteiger partial charge in [-0.05, 0) is 29.8 Å². The molecule has 0 aliphatic carbocycles. The Hall–Kier alpha value is -0.925. The standard InChI is InChI=1S/C15H15BBrClO/c1-16(2)12-6-7-15(14(18)9-12)19-10-11-4-3-5-13(17)8-11/h3-9H,10H2,1-2H3. The van der Waals surface area contributed by atoms with Crippen LogP contribution in [0.15, 0.2) is 46.9 Å². The summed E-state index contributed by atoms with van der Waals surface area (Å²) in [5.74, 6) is 0.728. The van der Waals surface area contributed by atoms with Crippen molar-refractivity contribution in [2.75, 3.05) is 0 Å². The number of ether oxygens (including phenoxy) is 1. The highest BCUT2D eigenvalue weighted by Crippen LogP contribution is 2.24. The maximum atomic E-state index is 6.24. The van der Waals surface area contributed by atoms with Crippen LogP contribution in [0.4, 0.5) is 0 Å². The predicted octanol–water partition coefficient (Wildman–Crippen LogP) is 4.64. The summed E-state index contributed by atoms with van der Waals surface area (Å²) >= 11 is 9.68. The third kappa shape index (κ3) is 4.02. The Morgan fingerprint density at radius 1 is 1.16 bits per heavy atom. The summed E-state index contributed by atoms with van der Waals surface area (Å²) in [6.45, 7) is 5.28. The molecule has 0 heterocycles. The van der Waals surface area contributed by atoms with Gasteiger partial charge in [-0.3, -0.25) is 0 Å². The molecular weight excluding hydrogens is 322 g/mol. The van der Waals surface area contributed by atoms with Crippen molar-refractivity contribution in [3.63, 3.8) is 0 Å². The lowest BCUT2D eigenvalue weighted by molar-refractivity contribution is 0.306. The van der Waals surface area contributed by atoms with Gasteiger partial charge in [0.25, 0.3) is 0 Å². The van der Waals surface area contributed by atoms with Gasteiger partial charge in [0.05, 0.1) is 5.02 Å². The van der Waals surface area contributed by atoms with Crippen molar-refractivity contribution in [3.05, 3.63) is 57.5 Å². The van der Waals surface area contributed by atoms with Crippen LogP contribution in [0, 0.1) is 0 Å². The van der Waals surface area contributed by atoms with Crippen molar-refractivity contribution in [1.82, 2.24) is 0 Å². The quantitative estimate of drug-likeness (QED) is 0.738. The van der Waals surface area contributed by atoms with E-state index < -0.39 is 0 Å². The highest BCUT2D eigenvalue weighted by Gasteiger charge is 2.07. The summed E-state index contributed by atoms with van der Waals surface area (Å²) in [7, 11) is 0. The number of halogens is 2. The molecule has 2 aromatic carbocycles. The van der Waals surface area contributed by atoms with E-state index >= 15 is 0 Å². The van der Waals surface area contributed by atoms with Gasteiger partial charge in [0, 0.05) is 4.47 Å². The maximum absolute atomic E-state index is 6.24. The molecule has 0 fully saturated rings. The molecule has 0 amide bonds. The number of rotatable bonds is 4. The Morgan fingerprint density at radius 2 is 1.95 bits per heavy atom. The van der Waals surface area contributed by atoms with E-state index in [2.05, 4.69) is 35.6 Å². The van der Waals surface area contributed by atoms with Crippen LogP contribution in [0.2, 0.25) is 18.7 Å². The van der Waals surface area contributed by atoms with E-state index in [-0.39, 0.29) is 0 Å². The molecule has 0 saturated carbocycles. The molecule has 19 heavy (non-hydrogen) atoms. The average Bonchev–Trinajstić information content (AvgIpc) is 2.37. The first-order valence-electron chi connectivity index (χ1n) is 6.23. The van der Waals surface area contributed by atoms with Crippen molar-refractivity contribution in [2.24, 2.45) is 0 Å². The second-order valence-corrected chi connectivity index (χ2v) is 6.09. The topological polar surface area (TPSA) is 9.23 Å². The van der Waals surface area contributed by atoms with Gasteiger partial charge in [0.1, 0.15) is 12.4 Å². The fourth-order valence-electron chi connectivity index (χ4n) is 1.78. The first-order valence-corrected chi connectivity index (χ1v) is 7.40. The molecule has 0 aromatic heterocycles. The first-order chi connectivity index (χ1) is 9.06. The highest BCUT2D eigenvalue weighted by molar-refractivity contribution is 9.10. The van der Waals surface area contributed by atoms with Gasteiger partial charge >= 0.3 is 0 Å². The van der Waals surface area contributed by atoms with Gasteiger partial charge in [0.2, 0.25) is 0 Å². The van der Waals surface area contributed by atoms with Gasteiger partial charge in [-0.2, -0.15) is 0 Å². The third-order valence-electron chi connectivity index (χ3n) is 2.91. The van der Waals surface area contributed by atoms with Crippen LogP contribution in [-0.2, 0) is 6.61 Å². The van der Waals surface area contributed by atoms with Gasteiger partial charge in [-0.25, -0.2) is 0 Å². The van der Waals surface area contributed by atoms with Crippen LogP contribution in [0.5, 0.6) is 5.75 Å².